The van der Waals surface area contributed by atoms with Gasteiger partial charge >= 0.3 is 0 Å². The second kappa shape index (κ2) is 7.08. The summed E-state index contributed by atoms with van der Waals surface area (Å²) in [5, 5.41) is 13.9. The van der Waals surface area contributed by atoms with Crippen molar-refractivity contribution in [3.63, 3.8) is 0 Å². The molecule has 92 valence electrons. The number of nitrogens with zero attached hydrogens (tertiary/aromatic N) is 1. The van der Waals surface area contributed by atoms with E-state index >= 15 is 0 Å². The highest BCUT2D eigenvalue weighted by Gasteiger charge is 2.20. The van der Waals surface area contributed by atoms with Gasteiger partial charge in [0.05, 0.1) is 12.1 Å². The molecule has 0 radical (unpaired) electrons. The molecular weight excluding hydrogens is 232 g/mol. The molecular formula is C13H18N2OS. The van der Waals surface area contributed by atoms with Gasteiger partial charge in [-0.2, -0.15) is 5.26 Å². The standard InChI is InChI=1S/C13H18N2OS/c1-3-6-10(9-14)13(16)15-11(4-2)12-7-5-8-17-12/h5,7-8,10-11H,3-4,6H2,1-2H3,(H,15,16). The molecule has 1 aromatic rings. The number of carbonyl (C=O) groups excluding carboxylic acids is 1. The third-order valence-corrected chi connectivity index (χ3v) is 3.65. The van der Waals surface area contributed by atoms with Crippen molar-refractivity contribution in [3.05, 3.63) is 22.4 Å². The molecule has 0 aromatic carbocycles. The van der Waals surface area contributed by atoms with Gasteiger partial charge in [0, 0.05) is 4.88 Å². The minimum Gasteiger partial charge on any atom is -0.347 e. The van der Waals surface area contributed by atoms with Crippen molar-refractivity contribution in [1.29, 1.82) is 5.26 Å². The van der Waals surface area contributed by atoms with Crippen LogP contribution in [0, 0.1) is 17.2 Å². The molecule has 3 nitrogen and oxygen atoms in total. The summed E-state index contributed by atoms with van der Waals surface area (Å²) in [5.41, 5.74) is 0. The molecule has 0 spiro atoms. The Kier molecular flexibility index (Phi) is 5.71. The fraction of sp³-hybridized carbons (Fsp3) is 0.538. The van der Waals surface area contributed by atoms with Crippen molar-refractivity contribution in [1.82, 2.24) is 5.32 Å². The lowest BCUT2D eigenvalue weighted by Gasteiger charge is -2.17. The van der Waals surface area contributed by atoms with Crippen molar-refractivity contribution in [3.8, 4) is 6.07 Å². The number of nitriles is 1. The van der Waals surface area contributed by atoms with Gasteiger partial charge < -0.3 is 5.32 Å². The van der Waals surface area contributed by atoms with Gasteiger partial charge in [-0.15, -0.1) is 11.3 Å². The highest BCUT2D eigenvalue weighted by molar-refractivity contribution is 7.10. The fourth-order valence-corrected chi connectivity index (χ4v) is 2.54. The van der Waals surface area contributed by atoms with Crippen LogP contribution >= 0.6 is 11.3 Å². The Balaban J connectivity index is 2.63. The van der Waals surface area contributed by atoms with Gasteiger partial charge in [-0.1, -0.05) is 26.3 Å². The molecule has 0 aliphatic heterocycles. The van der Waals surface area contributed by atoms with Gasteiger partial charge in [-0.3, -0.25) is 4.79 Å². The second-order valence-electron chi connectivity index (χ2n) is 3.96. The second-order valence-corrected chi connectivity index (χ2v) is 4.93. The van der Waals surface area contributed by atoms with Crippen molar-refractivity contribution >= 4 is 17.2 Å². The van der Waals surface area contributed by atoms with E-state index in [1.165, 1.54) is 0 Å². The molecule has 0 fully saturated rings. The molecule has 1 amide bonds. The Hall–Kier alpha value is -1.34. The lowest BCUT2D eigenvalue weighted by molar-refractivity contribution is -0.124. The zero-order valence-electron chi connectivity index (χ0n) is 10.3. The number of rotatable bonds is 6. The third-order valence-electron chi connectivity index (χ3n) is 2.66. The summed E-state index contributed by atoms with van der Waals surface area (Å²) in [4.78, 5) is 13.0. The Bertz CT molecular complexity index is 381. The number of nitrogens with one attached hydrogen (secondary N) is 1. The summed E-state index contributed by atoms with van der Waals surface area (Å²) in [6.07, 6.45) is 2.32. The van der Waals surface area contributed by atoms with Crippen LogP contribution < -0.4 is 5.32 Å². The van der Waals surface area contributed by atoms with Gasteiger partial charge in [0.1, 0.15) is 5.92 Å². The SMILES string of the molecule is CCCC(C#N)C(=O)NC(CC)c1cccs1. The average Bonchev–Trinajstić information content (AvgIpc) is 2.86. The van der Waals surface area contributed by atoms with Gasteiger partial charge in [-0.05, 0) is 24.3 Å². The predicted molar refractivity (Wildman–Crippen MR) is 69.5 cm³/mol. The third kappa shape index (κ3) is 3.86. The van der Waals surface area contributed by atoms with E-state index < -0.39 is 5.92 Å². The van der Waals surface area contributed by atoms with Crippen molar-refractivity contribution < 1.29 is 4.79 Å². The molecule has 1 rings (SSSR count). The highest BCUT2D eigenvalue weighted by atomic mass is 32.1. The normalized spacial score (nSPS) is 13.7. The maximum Gasteiger partial charge on any atom is 0.237 e. The summed E-state index contributed by atoms with van der Waals surface area (Å²) >= 11 is 1.63. The maximum absolute atomic E-state index is 11.9. The summed E-state index contributed by atoms with van der Waals surface area (Å²) in [6, 6.07) is 6.10. The Morgan fingerprint density at radius 3 is 2.82 bits per heavy atom. The number of thiophene rings is 1. The molecule has 1 N–H and O–H groups in total. The first-order chi connectivity index (χ1) is 8.22. The smallest absolute Gasteiger partial charge is 0.237 e. The first kappa shape index (κ1) is 13.7. The number of hydrogen-bond acceptors (Lipinski definition) is 3. The van der Waals surface area contributed by atoms with Crippen LogP contribution in [-0.2, 0) is 4.79 Å². The Morgan fingerprint density at radius 1 is 1.59 bits per heavy atom. The molecule has 2 unspecified atom stereocenters. The zero-order valence-corrected chi connectivity index (χ0v) is 11.1. The van der Waals surface area contributed by atoms with E-state index in [0.717, 1.165) is 17.7 Å². The average molecular weight is 250 g/mol. The van der Waals surface area contributed by atoms with Gasteiger partial charge in [0.15, 0.2) is 0 Å². The molecule has 0 aliphatic rings. The summed E-state index contributed by atoms with van der Waals surface area (Å²) < 4.78 is 0. The Morgan fingerprint density at radius 2 is 2.35 bits per heavy atom. The summed E-state index contributed by atoms with van der Waals surface area (Å²) in [5.74, 6) is -0.663. The molecule has 0 bridgehead atoms. The van der Waals surface area contributed by atoms with E-state index in [4.69, 9.17) is 5.26 Å². The Labute approximate surface area is 106 Å². The lowest BCUT2D eigenvalue weighted by Crippen LogP contribution is -2.32. The molecule has 4 heteroatoms. The van der Waals surface area contributed by atoms with Gasteiger partial charge in [0.2, 0.25) is 5.91 Å². The topological polar surface area (TPSA) is 52.9 Å². The largest absolute Gasteiger partial charge is 0.347 e. The summed E-state index contributed by atoms with van der Waals surface area (Å²) in [6.45, 7) is 4.01. The van der Waals surface area contributed by atoms with Crippen molar-refractivity contribution in [2.75, 3.05) is 0 Å². The number of carbonyl (C=O) groups is 1. The molecule has 1 aromatic heterocycles. The molecule has 0 aliphatic carbocycles. The van der Waals surface area contributed by atoms with E-state index in [9.17, 15) is 4.79 Å². The lowest BCUT2D eigenvalue weighted by atomic mass is 10.0. The van der Waals surface area contributed by atoms with E-state index in [1.54, 1.807) is 11.3 Å². The van der Waals surface area contributed by atoms with Crippen LogP contribution in [0.3, 0.4) is 0 Å². The van der Waals surface area contributed by atoms with Gasteiger partial charge in [-0.25, -0.2) is 0 Å². The van der Waals surface area contributed by atoms with Crippen LogP contribution in [0.15, 0.2) is 17.5 Å². The molecule has 0 saturated carbocycles. The first-order valence-electron chi connectivity index (χ1n) is 5.96. The number of amides is 1. The van der Waals surface area contributed by atoms with Crippen LogP contribution in [0.25, 0.3) is 0 Å². The van der Waals surface area contributed by atoms with Crippen LogP contribution in [0.1, 0.15) is 44.0 Å². The van der Waals surface area contributed by atoms with Crippen LogP contribution in [0.5, 0.6) is 0 Å². The highest BCUT2D eigenvalue weighted by Crippen LogP contribution is 2.22. The molecule has 1 heterocycles. The summed E-state index contributed by atoms with van der Waals surface area (Å²) in [7, 11) is 0. The van der Waals surface area contributed by atoms with Crippen molar-refractivity contribution in [2.45, 2.75) is 39.2 Å². The van der Waals surface area contributed by atoms with Crippen LogP contribution in [-0.4, -0.2) is 5.91 Å². The monoisotopic (exact) mass is 250 g/mol. The minimum absolute atomic E-state index is 0.0372. The minimum atomic E-state index is -0.519. The quantitative estimate of drug-likeness (QED) is 0.842. The first-order valence-corrected chi connectivity index (χ1v) is 6.84. The van der Waals surface area contributed by atoms with Crippen molar-refractivity contribution in [2.24, 2.45) is 5.92 Å². The van der Waals surface area contributed by atoms with Crippen LogP contribution in [0.2, 0.25) is 0 Å². The van der Waals surface area contributed by atoms with E-state index in [0.29, 0.717) is 6.42 Å². The zero-order chi connectivity index (χ0) is 12.7. The predicted octanol–water partition coefficient (Wildman–Crippen LogP) is 3.26. The fourth-order valence-electron chi connectivity index (χ4n) is 1.68. The van der Waals surface area contributed by atoms with E-state index in [2.05, 4.69) is 11.4 Å². The van der Waals surface area contributed by atoms with Crippen LogP contribution in [0.4, 0.5) is 0 Å². The number of hydrogen-bond donors (Lipinski definition) is 1. The van der Waals surface area contributed by atoms with E-state index in [-0.39, 0.29) is 11.9 Å². The maximum atomic E-state index is 11.9. The molecule has 17 heavy (non-hydrogen) atoms. The molecule has 0 saturated heterocycles. The van der Waals surface area contributed by atoms with E-state index in [1.807, 2.05) is 31.4 Å². The van der Waals surface area contributed by atoms with Gasteiger partial charge in [0.25, 0.3) is 0 Å². The molecule has 2 atom stereocenters.